The first-order chi connectivity index (χ1) is 9.21. The van der Waals surface area contributed by atoms with Gasteiger partial charge >= 0.3 is 0 Å². The highest BCUT2D eigenvalue weighted by Gasteiger charge is 2.04. The van der Waals surface area contributed by atoms with Crippen molar-refractivity contribution in [2.45, 2.75) is 46.6 Å². The molecule has 2 nitrogen and oxygen atoms in total. The third-order valence-electron chi connectivity index (χ3n) is 3.35. The second-order valence-corrected chi connectivity index (χ2v) is 4.79. The molecule has 1 rings (SSSR count). The molecule has 0 aliphatic rings. The van der Waals surface area contributed by atoms with Crippen LogP contribution in [0, 0.1) is 0 Å². The summed E-state index contributed by atoms with van der Waals surface area (Å²) in [6, 6.07) is 8.91. The Morgan fingerprint density at radius 2 is 1.79 bits per heavy atom. The molecule has 19 heavy (non-hydrogen) atoms. The van der Waals surface area contributed by atoms with Crippen LogP contribution in [-0.4, -0.2) is 19.2 Å². The van der Waals surface area contributed by atoms with E-state index in [1.54, 1.807) is 6.26 Å². The van der Waals surface area contributed by atoms with E-state index in [0.29, 0.717) is 0 Å². The van der Waals surface area contributed by atoms with E-state index < -0.39 is 0 Å². The molecule has 106 valence electrons. The van der Waals surface area contributed by atoms with Crippen LogP contribution in [0.3, 0.4) is 0 Å². The van der Waals surface area contributed by atoms with Crippen molar-refractivity contribution in [1.82, 2.24) is 0 Å². The monoisotopic (exact) mass is 261 g/mol. The molecule has 0 aromatic heterocycles. The van der Waals surface area contributed by atoms with Crippen molar-refractivity contribution in [3.63, 3.8) is 0 Å². The lowest BCUT2D eigenvalue weighted by Gasteiger charge is -2.21. The number of hydrogen-bond acceptors (Lipinski definition) is 2. The highest BCUT2D eigenvalue weighted by molar-refractivity contribution is 5.47. The topological polar surface area (TPSA) is 12.5 Å². The minimum atomic E-state index is 0.277. The van der Waals surface area contributed by atoms with Crippen LogP contribution in [0.4, 0.5) is 5.69 Å². The van der Waals surface area contributed by atoms with Gasteiger partial charge in [0, 0.05) is 18.8 Å². The molecule has 1 unspecified atom stereocenters. The van der Waals surface area contributed by atoms with Gasteiger partial charge in [-0.25, -0.2) is 0 Å². The molecule has 1 atom stereocenters. The van der Waals surface area contributed by atoms with Gasteiger partial charge < -0.3 is 9.64 Å². The molecule has 0 aliphatic carbocycles. The normalized spacial score (nSPS) is 12.6. The Bertz CT molecular complexity index is 365. The molecule has 0 aliphatic heterocycles. The third-order valence-corrected chi connectivity index (χ3v) is 3.35. The Morgan fingerprint density at radius 1 is 1.16 bits per heavy atom. The average molecular weight is 261 g/mol. The van der Waals surface area contributed by atoms with Gasteiger partial charge in [-0.15, -0.1) is 0 Å². The number of aryl methyl sites for hydroxylation is 1. The maximum atomic E-state index is 5.52. The summed E-state index contributed by atoms with van der Waals surface area (Å²) in [5.41, 5.74) is 2.69. The number of nitrogens with zero attached hydrogens (tertiary/aromatic N) is 1. The average Bonchev–Trinajstić information content (AvgIpc) is 2.45. The van der Waals surface area contributed by atoms with Crippen LogP contribution in [0.5, 0.6) is 0 Å². The molecule has 0 bridgehead atoms. The standard InChI is InChI=1S/C17H27NO/c1-5-14-19-15(4)8-9-16-10-12-17(13-11-16)18(6-2)7-3/h5,10-15H,6-9H2,1-4H3. The molecule has 0 amide bonds. The lowest BCUT2D eigenvalue weighted by molar-refractivity contribution is 0.153. The van der Waals surface area contributed by atoms with E-state index in [9.17, 15) is 0 Å². The fourth-order valence-electron chi connectivity index (χ4n) is 2.11. The van der Waals surface area contributed by atoms with Crippen LogP contribution in [-0.2, 0) is 11.2 Å². The van der Waals surface area contributed by atoms with Crippen LogP contribution in [0.1, 0.15) is 39.7 Å². The summed E-state index contributed by atoms with van der Waals surface area (Å²) < 4.78 is 5.52. The fourth-order valence-corrected chi connectivity index (χ4v) is 2.11. The van der Waals surface area contributed by atoms with Crippen LogP contribution in [0.2, 0.25) is 0 Å². The number of allylic oxidation sites excluding steroid dienone is 1. The van der Waals surface area contributed by atoms with E-state index in [4.69, 9.17) is 4.74 Å². The zero-order valence-electron chi connectivity index (χ0n) is 12.7. The Hall–Kier alpha value is -1.44. The Morgan fingerprint density at radius 3 is 2.32 bits per heavy atom. The molecule has 1 aromatic rings. The molecule has 0 spiro atoms. The summed E-state index contributed by atoms with van der Waals surface area (Å²) in [7, 11) is 0. The zero-order chi connectivity index (χ0) is 14.1. The first-order valence-electron chi connectivity index (χ1n) is 7.31. The minimum Gasteiger partial charge on any atom is -0.499 e. The van der Waals surface area contributed by atoms with Crippen molar-refractivity contribution in [3.05, 3.63) is 42.2 Å². The highest BCUT2D eigenvalue weighted by atomic mass is 16.5. The molecule has 0 saturated heterocycles. The van der Waals surface area contributed by atoms with Gasteiger partial charge in [0.1, 0.15) is 0 Å². The zero-order valence-corrected chi connectivity index (χ0v) is 12.7. The van der Waals surface area contributed by atoms with Gasteiger partial charge in [0.2, 0.25) is 0 Å². The number of ether oxygens (including phenoxy) is 1. The van der Waals surface area contributed by atoms with Gasteiger partial charge in [-0.2, -0.15) is 0 Å². The smallest absolute Gasteiger partial charge is 0.0953 e. The summed E-state index contributed by atoms with van der Waals surface area (Å²) in [6.07, 6.45) is 6.09. The van der Waals surface area contributed by atoms with Gasteiger partial charge in [0.15, 0.2) is 0 Å². The minimum absolute atomic E-state index is 0.277. The quantitative estimate of drug-likeness (QED) is 0.643. The Labute approximate surface area is 118 Å². The van der Waals surface area contributed by atoms with Crippen LogP contribution in [0.25, 0.3) is 0 Å². The summed E-state index contributed by atoms with van der Waals surface area (Å²) in [5, 5.41) is 0. The van der Waals surface area contributed by atoms with Crippen molar-refractivity contribution in [2.24, 2.45) is 0 Å². The number of benzene rings is 1. The molecule has 0 heterocycles. The maximum Gasteiger partial charge on any atom is 0.0953 e. The number of hydrogen-bond donors (Lipinski definition) is 0. The fraction of sp³-hybridized carbons (Fsp3) is 0.529. The lowest BCUT2D eigenvalue weighted by atomic mass is 10.1. The molecule has 0 fully saturated rings. The summed E-state index contributed by atoms with van der Waals surface area (Å²) >= 11 is 0. The first kappa shape index (κ1) is 15.6. The van der Waals surface area contributed by atoms with E-state index in [1.165, 1.54) is 11.3 Å². The number of anilines is 1. The molecule has 0 radical (unpaired) electrons. The predicted molar refractivity (Wildman–Crippen MR) is 83.7 cm³/mol. The van der Waals surface area contributed by atoms with E-state index in [0.717, 1.165) is 25.9 Å². The van der Waals surface area contributed by atoms with Crippen molar-refractivity contribution >= 4 is 5.69 Å². The predicted octanol–water partition coefficient (Wildman–Crippen LogP) is 4.40. The number of rotatable bonds is 8. The van der Waals surface area contributed by atoms with Crippen molar-refractivity contribution in [3.8, 4) is 0 Å². The first-order valence-corrected chi connectivity index (χ1v) is 7.31. The molecule has 0 saturated carbocycles. The molecule has 0 N–H and O–H groups in total. The van der Waals surface area contributed by atoms with E-state index in [-0.39, 0.29) is 6.10 Å². The summed E-state index contributed by atoms with van der Waals surface area (Å²) in [4.78, 5) is 2.36. The van der Waals surface area contributed by atoms with Gasteiger partial charge in [0.05, 0.1) is 12.4 Å². The summed E-state index contributed by atoms with van der Waals surface area (Å²) in [6.45, 7) is 10.6. The van der Waals surface area contributed by atoms with Crippen LogP contribution < -0.4 is 4.90 Å². The second kappa shape index (κ2) is 8.63. The molecular weight excluding hydrogens is 234 g/mol. The van der Waals surface area contributed by atoms with Gasteiger partial charge in [-0.05, 0) is 58.2 Å². The van der Waals surface area contributed by atoms with Crippen LogP contribution >= 0.6 is 0 Å². The van der Waals surface area contributed by atoms with E-state index in [1.807, 2.05) is 13.0 Å². The van der Waals surface area contributed by atoms with Gasteiger partial charge in [0.25, 0.3) is 0 Å². The lowest BCUT2D eigenvalue weighted by Crippen LogP contribution is -2.21. The third kappa shape index (κ3) is 5.37. The largest absolute Gasteiger partial charge is 0.499 e. The van der Waals surface area contributed by atoms with Crippen LogP contribution in [0.15, 0.2) is 36.6 Å². The summed E-state index contributed by atoms with van der Waals surface area (Å²) in [5.74, 6) is 0. The van der Waals surface area contributed by atoms with Crippen molar-refractivity contribution in [1.29, 1.82) is 0 Å². The molecular formula is C17H27NO. The van der Waals surface area contributed by atoms with Gasteiger partial charge in [-0.3, -0.25) is 0 Å². The van der Waals surface area contributed by atoms with Crippen molar-refractivity contribution in [2.75, 3.05) is 18.0 Å². The highest BCUT2D eigenvalue weighted by Crippen LogP contribution is 2.16. The Kier molecular flexibility index (Phi) is 7.09. The van der Waals surface area contributed by atoms with E-state index in [2.05, 4.69) is 49.9 Å². The SMILES string of the molecule is CC=COC(C)CCc1ccc(N(CC)CC)cc1. The van der Waals surface area contributed by atoms with Gasteiger partial charge in [-0.1, -0.05) is 18.2 Å². The molecule has 1 aromatic carbocycles. The second-order valence-electron chi connectivity index (χ2n) is 4.79. The molecule has 2 heteroatoms. The maximum absolute atomic E-state index is 5.52. The van der Waals surface area contributed by atoms with E-state index >= 15 is 0 Å². The van der Waals surface area contributed by atoms with Crippen molar-refractivity contribution < 1.29 is 4.74 Å². The Balaban J connectivity index is 2.48.